The van der Waals surface area contributed by atoms with Gasteiger partial charge in [0.25, 0.3) is 0 Å². The number of carboxylic acids is 1. The molecule has 0 bridgehead atoms. The Morgan fingerprint density at radius 3 is 1.41 bits per heavy atom. The Labute approximate surface area is 819 Å². The number of methoxy groups -OCH3 is 2. The number of aliphatic hydroxyl groups is 4. The Hall–Kier alpha value is -5.74. The van der Waals surface area contributed by atoms with Crippen LogP contribution in [0.5, 0.6) is 0 Å². The highest BCUT2D eigenvalue weighted by Gasteiger charge is 2.62. The number of benzene rings is 1. The largest absolute Gasteiger partial charge is 0.509 e. The maximum absolute atomic E-state index is 14.8. The lowest BCUT2D eigenvalue weighted by Gasteiger charge is -2.49. The SMILES string of the molecule is CC[C@H]1OC(=O)[C@H](C)[C@@H](OC2C[C@@](C)(OC)[C@@H](OCC=O)[C@H](C)O2)[C@H](C)[C@@H](O[C@@H]2O[C@H](C)C[C@H](N(C)C)[C@H]2O)[C@](C)(O)C[C@@H](C)CN(C)[C@H](C)[C@@H]2OC(=O)O[C@]12C.CC[C@H]1OC(=O)[C@H](C)[C@@H](OC2C[C@@](C)(OC)[C@@H](OCCNCCOCCNc3cc4c(=O)c(C(=O)O)cn(C5CC5)c4cc3Cl)[C@H](C)O2)[C@H](C)[C@@H](O[C@@H]2O[C@H](C)C[C@H](N(C)C)[C@H]2O)[C@](C)(O)C[C@@H](C)CN(C)[C@H](C)[C@@H]2OC(=O)O[C@]12C. The maximum atomic E-state index is 14.8. The number of aromatic nitrogens is 1. The van der Waals surface area contributed by atoms with Crippen molar-refractivity contribution in [3.63, 3.8) is 0 Å². The summed E-state index contributed by atoms with van der Waals surface area (Å²) >= 11 is 6.62. The number of hydrogen-bond acceptors (Lipinski definition) is 36. The zero-order valence-electron chi connectivity index (χ0n) is 86.6. The maximum Gasteiger partial charge on any atom is 0.509 e. The molecule has 38 nitrogen and oxygen atoms in total. The van der Waals surface area contributed by atoms with E-state index in [4.69, 9.17) is 102 Å². The van der Waals surface area contributed by atoms with Crippen LogP contribution in [-0.2, 0) is 104 Å². The first-order valence-corrected chi connectivity index (χ1v) is 49.9. The van der Waals surface area contributed by atoms with Crippen LogP contribution in [-0.4, -0.2) is 382 Å². The molecule has 1 aromatic carbocycles. The fourth-order valence-corrected chi connectivity index (χ4v) is 22.9. The predicted octanol–water partition coefficient (Wildman–Crippen LogP) is 9.13. The average Bonchev–Trinajstić information content (AvgIpc) is 1.73. The van der Waals surface area contributed by atoms with Gasteiger partial charge in [0.05, 0.1) is 119 Å². The van der Waals surface area contributed by atoms with Gasteiger partial charge < -0.3 is 145 Å². The summed E-state index contributed by atoms with van der Waals surface area (Å²) in [5, 5.41) is 65.9. The summed E-state index contributed by atoms with van der Waals surface area (Å²) in [5.74, 6) is -6.38. The number of hydrogen-bond donors (Lipinski definition) is 7. The van der Waals surface area contributed by atoms with E-state index in [1.807, 2.05) is 152 Å². The minimum Gasteiger partial charge on any atom is -0.477 e. The van der Waals surface area contributed by atoms with Crippen LogP contribution in [0, 0.1) is 35.5 Å². The summed E-state index contributed by atoms with van der Waals surface area (Å²) in [7, 11) is 14.5. The van der Waals surface area contributed by atoms with E-state index in [1.54, 1.807) is 74.8 Å². The number of ether oxygens (including phenoxy) is 19. The van der Waals surface area contributed by atoms with Crippen molar-refractivity contribution < 1.29 is 144 Å². The number of carbonyl (C=O) groups is 6. The monoisotopic (exact) mass is 1980 g/mol. The van der Waals surface area contributed by atoms with Crippen LogP contribution in [0.4, 0.5) is 15.3 Å². The molecular weight excluding hydrogens is 1820 g/mol. The van der Waals surface area contributed by atoms with Crippen molar-refractivity contribution >= 4 is 64.7 Å². The molecule has 2 unspecified atom stereocenters. The van der Waals surface area contributed by atoms with Crippen molar-refractivity contribution in [3.05, 3.63) is 39.1 Å². The van der Waals surface area contributed by atoms with Crippen LogP contribution in [0.1, 0.15) is 219 Å². The molecule has 9 aliphatic rings. The van der Waals surface area contributed by atoms with Crippen LogP contribution in [0.2, 0.25) is 5.02 Å². The number of esters is 2. The quantitative estimate of drug-likeness (QED) is 0.0166. The topological polar surface area (TPSA) is 438 Å². The number of halogens is 1. The fraction of sp³-hybridized carbons (Fsp3) is 0.848. The Kier molecular flexibility index (Phi) is 39.8. The zero-order valence-corrected chi connectivity index (χ0v) is 87.4. The smallest absolute Gasteiger partial charge is 0.477 e. The number of nitrogens with one attached hydrogen (secondary N) is 2. The van der Waals surface area contributed by atoms with Gasteiger partial charge in [-0.05, 0) is 215 Å². The molecular formula is C99H164ClN7O31. The molecule has 39 heteroatoms. The Morgan fingerprint density at radius 1 is 0.580 bits per heavy atom. The number of anilines is 1. The van der Waals surface area contributed by atoms with Gasteiger partial charge in [-0.3, -0.25) is 24.2 Å². The first-order valence-electron chi connectivity index (χ1n) is 49.6. The standard InChI is InChI=1S/C58H92ClN5O17.C41H72N2O14/c1-15-44-58(10)50(80-55(70)81-58)35(6)63(13)29-31(2)27-56(8,71)49(79-54-47(66)43(62(11)12)24-32(3)75-54)33(4)48(34(5)53(69)77-44)78-45-28-57(9,72-14)51(36(7)76-45)74-23-19-60-18-21-73-22-20-61-41-25-38-42(26-40(41)59)64(37-16-17-37)30-39(46(38)65)52(67)68;1-15-29-41(10)34(56-38(47)57-41)26(6)43(13)21-22(2)19-39(8,48)33(55-37-31(45)28(42(11)12)18-23(3)51-37)24(4)32(25(5)36(46)53-29)54-30-20-40(9,49-14)35(27(7)52-30)50-17-16-44/h25-26,30-37,43-45,47-51,54,60-61,66,71H,15-24,27-29H2,1-14H3,(H,67,68);16,22-35,37,45,48H,15,17-21H2,1-14H3/t31-,32-,33+,34-,35-,36+,43+,44-,45?,47-,48+,49-,50+,51+,54+,56-,57-,58-;22-,23-,24+,25-,26-,27+,28+,29-,30?,31-,32+,33-,34+,35+,37+,39-,40-,41-/m11/s1. The molecule has 0 amide bonds. The molecule has 2 aromatic rings. The molecule has 9 fully saturated rings. The molecule has 7 N–H and O–H groups in total. The van der Waals surface area contributed by atoms with Gasteiger partial charge in [-0.25, -0.2) is 14.4 Å². The molecule has 0 spiro atoms. The second-order valence-corrected chi connectivity index (χ2v) is 42.8. The molecule has 788 valence electrons. The molecule has 11 rings (SSSR count). The number of carbonyl (C=O) groups excluding carboxylic acids is 5. The number of fused-ring (bicyclic) bond motifs is 3. The van der Waals surface area contributed by atoms with Crippen LogP contribution in [0.15, 0.2) is 23.1 Å². The van der Waals surface area contributed by atoms with Gasteiger partial charge in [0.2, 0.25) is 5.43 Å². The molecule has 138 heavy (non-hydrogen) atoms. The number of aldehydes is 1. The van der Waals surface area contributed by atoms with E-state index in [0.717, 1.165) is 12.8 Å². The zero-order chi connectivity index (χ0) is 102. The number of carboxylic acid groups (broad SMARTS) is 1. The summed E-state index contributed by atoms with van der Waals surface area (Å²) in [5.41, 5.74) is -7.41. The van der Waals surface area contributed by atoms with E-state index < -0.39 is 204 Å². The first kappa shape index (κ1) is 114. The summed E-state index contributed by atoms with van der Waals surface area (Å²) in [6.45, 7) is 40.1. The van der Waals surface area contributed by atoms with E-state index in [0.29, 0.717) is 106 Å². The van der Waals surface area contributed by atoms with Gasteiger partial charge in [-0.15, -0.1) is 0 Å². The van der Waals surface area contributed by atoms with Crippen molar-refractivity contribution in [3.8, 4) is 0 Å². The number of likely N-dealkylation sites (N-methyl/N-ethyl adjacent to an activating group) is 4. The van der Waals surface area contributed by atoms with Crippen LogP contribution >= 0.6 is 11.6 Å². The molecule has 1 aromatic heterocycles. The van der Waals surface area contributed by atoms with Gasteiger partial charge in [-0.1, -0.05) is 53.1 Å². The number of nitrogens with zero attached hydrogens (tertiary/aromatic N) is 5. The van der Waals surface area contributed by atoms with Crippen LogP contribution in [0.25, 0.3) is 10.9 Å². The minimum absolute atomic E-state index is 0.129. The second kappa shape index (κ2) is 48.1. The highest BCUT2D eigenvalue weighted by Crippen LogP contribution is 2.48. The Balaban J connectivity index is 0.000000303. The van der Waals surface area contributed by atoms with Crippen LogP contribution in [0.3, 0.4) is 0 Å². The molecule has 1 saturated carbocycles. The van der Waals surface area contributed by atoms with Crippen molar-refractivity contribution in [2.75, 3.05) is 121 Å². The van der Waals surface area contributed by atoms with Crippen molar-refractivity contribution in [1.29, 1.82) is 0 Å². The lowest BCUT2D eigenvalue weighted by molar-refractivity contribution is -0.320. The highest BCUT2D eigenvalue weighted by molar-refractivity contribution is 6.34. The van der Waals surface area contributed by atoms with Gasteiger partial charge >= 0.3 is 30.2 Å². The van der Waals surface area contributed by atoms with Crippen molar-refractivity contribution in [2.24, 2.45) is 35.5 Å². The third-order valence-electron chi connectivity index (χ3n) is 30.5. The Bertz CT molecular complexity index is 4400. The van der Waals surface area contributed by atoms with E-state index >= 15 is 0 Å². The third kappa shape index (κ3) is 26.6. The van der Waals surface area contributed by atoms with Gasteiger partial charge in [0.15, 0.2) is 48.6 Å². The minimum atomic E-state index is -1.59. The van der Waals surface area contributed by atoms with Gasteiger partial charge in [0, 0.05) is 113 Å². The summed E-state index contributed by atoms with van der Waals surface area (Å²) < 4.78 is 121. The fourth-order valence-electron chi connectivity index (χ4n) is 22.6. The number of aliphatic hydroxyl groups excluding tert-OH is 2. The van der Waals surface area contributed by atoms with Gasteiger partial charge in [0.1, 0.15) is 55.1 Å². The molecule has 8 aliphatic heterocycles. The first-order chi connectivity index (χ1) is 64.7. The normalized spacial score (nSPS) is 41.4. The number of cyclic esters (lactones) is 2. The highest BCUT2D eigenvalue weighted by atomic mass is 35.5. The van der Waals surface area contributed by atoms with E-state index in [1.165, 1.54) is 6.20 Å². The number of rotatable bonds is 30. The van der Waals surface area contributed by atoms with Crippen molar-refractivity contribution in [1.82, 2.24) is 29.5 Å². The summed E-state index contributed by atoms with van der Waals surface area (Å²) in [4.78, 5) is 99.2. The molecule has 9 heterocycles. The van der Waals surface area contributed by atoms with Crippen LogP contribution < -0.4 is 16.1 Å². The lowest BCUT2D eigenvalue weighted by Crippen LogP contribution is -2.61. The Morgan fingerprint density at radius 2 is 1.01 bits per heavy atom. The lowest BCUT2D eigenvalue weighted by atomic mass is 9.77. The third-order valence-corrected chi connectivity index (χ3v) is 30.8. The molecule has 36 atom stereocenters. The number of aromatic carboxylic acids is 1. The molecule has 1 aliphatic carbocycles. The molecule has 0 radical (unpaired) electrons. The van der Waals surface area contributed by atoms with Gasteiger partial charge in [-0.2, -0.15) is 0 Å². The van der Waals surface area contributed by atoms with E-state index in [2.05, 4.69) is 15.5 Å². The number of pyridine rings is 1. The average molecular weight is 1980 g/mol. The predicted molar refractivity (Wildman–Crippen MR) is 509 cm³/mol. The second-order valence-electron chi connectivity index (χ2n) is 42.4. The molecule has 8 saturated heterocycles. The van der Waals surface area contributed by atoms with E-state index in [-0.39, 0.29) is 92.1 Å². The summed E-state index contributed by atoms with van der Waals surface area (Å²) in [6, 6.07) is 2.13. The van der Waals surface area contributed by atoms with Crippen molar-refractivity contribution in [2.45, 2.75) is 389 Å². The summed E-state index contributed by atoms with van der Waals surface area (Å²) in [6.07, 6.45) is -11.9. The van der Waals surface area contributed by atoms with E-state index in [9.17, 15) is 59.1 Å².